The van der Waals surface area contributed by atoms with Crippen LogP contribution >= 0.6 is 15.9 Å². The molecule has 0 aliphatic carbocycles. The SMILES string of the molecule is Cc1cc(C)n(-c2nc3c(c(=O)n2-c2ccc(N4CC(C)C4)nc2)CC(C)N(C(=O)c2ccc(Br)c(C(F)(F)F)c2)C3)n1. The third-order valence-electron chi connectivity index (χ3n) is 7.95. The summed E-state index contributed by atoms with van der Waals surface area (Å²) in [5, 5.41) is 4.57. The van der Waals surface area contributed by atoms with Crippen molar-refractivity contribution in [1.29, 1.82) is 0 Å². The fourth-order valence-electron chi connectivity index (χ4n) is 5.75. The van der Waals surface area contributed by atoms with E-state index in [1.165, 1.54) is 21.6 Å². The number of aromatic nitrogens is 5. The number of carbonyl (C=O) groups excluding carboxylic acids is 1. The first-order chi connectivity index (χ1) is 20.3. The van der Waals surface area contributed by atoms with Crippen LogP contribution in [-0.2, 0) is 19.1 Å². The summed E-state index contributed by atoms with van der Waals surface area (Å²) in [6, 6.07) is 8.55. The third-order valence-corrected chi connectivity index (χ3v) is 8.64. The Kier molecular flexibility index (Phi) is 7.18. The van der Waals surface area contributed by atoms with Gasteiger partial charge in [0.15, 0.2) is 0 Å². The van der Waals surface area contributed by atoms with Gasteiger partial charge in [-0.25, -0.2) is 19.2 Å². The summed E-state index contributed by atoms with van der Waals surface area (Å²) in [5.74, 6) is 1.11. The van der Waals surface area contributed by atoms with Gasteiger partial charge in [0.2, 0.25) is 5.95 Å². The highest BCUT2D eigenvalue weighted by atomic mass is 79.9. The molecule has 1 amide bonds. The second kappa shape index (κ2) is 10.6. The van der Waals surface area contributed by atoms with Crippen molar-refractivity contribution in [2.45, 2.75) is 52.9 Å². The molecule has 43 heavy (non-hydrogen) atoms. The van der Waals surface area contributed by atoms with Crippen LogP contribution in [0.1, 0.15) is 52.4 Å². The fraction of sp³-hybridized carbons (Fsp3) is 0.367. The van der Waals surface area contributed by atoms with Crippen molar-refractivity contribution < 1.29 is 18.0 Å². The van der Waals surface area contributed by atoms with Crippen LogP contribution in [0.4, 0.5) is 19.0 Å². The van der Waals surface area contributed by atoms with Crippen LogP contribution in [0, 0.1) is 19.8 Å². The molecule has 1 unspecified atom stereocenters. The molecule has 0 bridgehead atoms. The largest absolute Gasteiger partial charge is 0.417 e. The van der Waals surface area contributed by atoms with E-state index in [2.05, 4.69) is 37.8 Å². The topological polar surface area (TPSA) is 89.2 Å². The van der Waals surface area contributed by atoms with Crippen LogP contribution < -0.4 is 10.5 Å². The van der Waals surface area contributed by atoms with Crippen LogP contribution in [0.25, 0.3) is 11.6 Å². The molecule has 1 saturated heterocycles. The molecule has 9 nitrogen and oxygen atoms in total. The Labute approximate surface area is 254 Å². The number of anilines is 1. The molecular formula is C30H29BrF3N7O2. The molecule has 0 saturated carbocycles. The van der Waals surface area contributed by atoms with Gasteiger partial charge in [0.25, 0.3) is 11.5 Å². The van der Waals surface area contributed by atoms with E-state index >= 15 is 0 Å². The summed E-state index contributed by atoms with van der Waals surface area (Å²) >= 11 is 2.93. The Balaban J connectivity index is 1.42. The third kappa shape index (κ3) is 5.23. The number of fused-ring (bicyclic) bond motifs is 1. The molecule has 0 spiro atoms. The van der Waals surface area contributed by atoms with Crippen molar-refractivity contribution in [2.24, 2.45) is 5.92 Å². The van der Waals surface area contributed by atoms with Crippen LogP contribution in [0.3, 0.4) is 0 Å². The van der Waals surface area contributed by atoms with Crippen molar-refractivity contribution in [1.82, 2.24) is 29.2 Å². The van der Waals surface area contributed by atoms with Gasteiger partial charge in [0, 0.05) is 40.4 Å². The van der Waals surface area contributed by atoms with Crippen LogP contribution in [0.15, 0.2) is 51.9 Å². The molecule has 3 aromatic heterocycles. The highest BCUT2D eigenvalue weighted by molar-refractivity contribution is 9.10. The summed E-state index contributed by atoms with van der Waals surface area (Å²) in [6.45, 7) is 9.45. The number of aryl methyl sites for hydroxylation is 2. The lowest BCUT2D eigenvalue weighted by atomic mass is 9.98. The first-order valence-corrected chi connectivity index (χ1v) is 14.7. The monoisotopic (exact) mass is 655 g/mol. The maximum Gasteiger partial charge on any atom is 0.417 e. The molecule has 2 aliphatic rings. The van der Waals surface area contributed by atoms with Gasteiger partial charge in [-0.1, -0.05) is 22.9 Å². The normalized spacial score (nSPS) is 17.2. The molecular weight excluding hydrogens is 627 g/mol. The van der Waals surface area contributed by atoms with Gasteiger partial charge in [-0.3, -0.25) is 9.59 Å². The Bertz CT molecular complexity index is 1790. The fourth-order valence-corrected chi connectivity index (χ4v) is 6.22. The maximum atomic E-state index is 14.1. The molecule has 1 aromatic carbocycles. The lowest BCUT2D eigenvalue weighted by Gasteiger charge is -2.38. The summed E-state index contributed by atoms with van der Waals surface area (Å²) in [7, 11) is 0. The molecule has 6 rings (SSSR count). The molecule has 0 radical (unpaired) electrons. The number of hydrogen-bond acceptors (Lipinski definition) is 6. The average Bonchev–Trinajstić information content (AvgIpc) is 3.28. The molecule has 2 aliphatic heterocycles. The minimum Gasteiger partial charge on any atom is -0.356 e. The standard InChI is InChI=1S/C30H29BrF3N7O2/c1-16-13-38(14-16)26-8-6-21(12-35-26)40-28(43)22-10-18(3)39(15-25(22)36-29(40)41-19(4)9-17(2)37-41)27(42)20-5-7-24(31)23(11-20)30(32,33)34/h5-9,11-12,16,18H,10,13-15H2,1-4H3. The van der Waals surface area contributed by atoms with E-state index in [1.54, 1.807) is 17.8 Å². The number of benzene rings is 1. The van der Waals surface area contributed by atoms with Crippen molar-refractivity contribution >= 4 is 27.7 Å². The molecule has 0 N–H and O–H groups in total. The minimum absolute atomic E-state index is 0.0422. The zero-order valence-corrected chi connectivity index (χ0v) is 25.6. The lowest BCUT2D eigenvalue weighted by molar-refractivity contribution is -0.138. The first kappa shape index (κ1) is 29.1. The number of alkyl halides is 3. The van der Waals surface area contributed by atoms with Gasteiger partial charge in [0.1, 0.15) is 5.82 Å². The second-order valence-corrected chi connectivity index (χ2v) is 12.2. The summed E-state index contributed by atoms with van der Waals surface area (Å²) in [6.07, 6.45) is -2.79. The molecule has 224 valence electrons. The van der Waals surface area contributed by atoms with Crippen LogP contribution in [-0.4, -0.2) is 54.3 Å². The number of pyridine rings is 1. The van der Waals surface area contributed by atoms with E-state index < -0.39 is 23.7 Å². The molecule has 4 aromatic rings. The summed E-state index contributed by atoms with van der Waals surface area (Å²) < 4.78 is 43.6. The number of amides is 1. The Hall–Kier alpha value is -4.00. The Morgan fingerprint density at radius 3 is 2.42 bits per heavy atom. The molecule has 1 fully saturated rings. The van der Waals surface area contributed by atoms with Gasteiger partial charge in [-0.15, -0.1) is 0 Å². The van der Waals surface area contributed by atoms with Gasteiger partial charge in [0.05, 0.1) is 35.4 Å². The quantitative estimate of drug-likeness (QED) is 0.298. The Morgan fingerprint density at radius 2 is 1.81 bits per heavy atom. The van der Waals surface area contributed by atoms with E-state index in [4.69, 9.17) is 4.98 Å². The zero-order chi connectivity index (χ0) is 30.8. The minimum atomic E-state index is -4.63. The lowest BCUT2D eigenvalue weighted by Crippen LogP contribution is -2.46. The summed E-state index contributed by atoms with van der Waals surface area (Å²) in [5.41, 5.74) is 1.50. The van der Waals surface area contributed by atoms with E-state index in [0.29, 0.717) is 22.9 Å². The zero-order valence-electron chi connectivity index (χ0n) is 24.0. The number of nitrogens with zero attached hydrogens (tertiary/aromatic N) is 7. The van der Waals surface area contributed by atoms with E-state index in [1.807, 2.05) is 32.0 Å². The molecule has 1 atom stereocenters. The molecule has 5 heterocycles. The average molecular weight is 657 g/mol. The predicted octanol–water partition coefficient (Wildman–Crippen LogP) is 5.25. The number of rotatable bonds is 4. The smallest absolute Gasteiger partial charge is 0.356 e. The van der Waals surface area contributed by atoms with Gasteiger partial charge in [-0.2, -0.15) is 18.3 Å². The van der Waals surface area contributed by atoms with Crippen molar-refractivity contribution in [3.63, 3.8) is 0 Å². The maximum absolute atomic E-state index is 14.1. The van der Waals surface area contributed by atoms with Crippen molar-refractivity contribution in [2.75, 3.05) is 18.0 Å². The molecule has 13 heteroatoms. The van der Waals surface area contributed by atoms with Gasteiger partial charge < -0.3 is 9.80 Å². The van der Waals surface area contributed by atoms with Gasteiger partial charge >= 0.3 is 6.18 Å². The number of hydrogen-bond donors (Lipinski definition) is 0. The van der Waals surface area contributed by atoms with Gasteiger partial charge in [-0.05, 0) is 69.5 Å². The van der Waals surface area contributed by atoms with Crippen LogP contribution in [0.2, 0.25) is 0 Å². The highest BCUT2D eigenvalue weighted by Crippen LogP contribution is 2.36. The first-order valence-electron chi connectivity index (χ1n) is 13.9. The van der Waals surface area contributed by atoms with E-state index in [9.17, 15) is 22.8 Å². The van der Waals surface area contributed by atoms with Crippen molar-refractivity contribution in [3.8, 4) is 11.6 Å². The second-order valence-electron chi connectivity index (χ2n) is 11.4. The van der Waals surface area contributed by atoms with E-state index in [-0.39, 0.29) is 34.5 Å². The number of halogens is 4. The summed E-state index contributed by atoms with van der Waals surface area (Å²) in [4.78, 5) is 40.8. The van der Waals surface area contributed by atoms with Crippen molar-refractivity contribution in [3.05, 3.63) is 91.2 Å². The Morgan fingerprint density at radius 1 is 1.07 bits per heavy atom. The number of carbonyl (C=O) groups is 1. The van der Waals surface area contributed by atoms with Crippen LogP contribution in [0.5, 0.6) is 0 Å². The predicted molar refractivity (Wildman–Crippen MR) is 158 cm³/mol. The van der Waals surface area contributed by atoms with E-state index in [0.717, 1.165) is 36.4 Å². The highest BCUT2D eigenvalue weighted by Gasteiger charge is 2.36.